The fourth-order valence-electron chi connectivity index (χ4n) is 3.76. The van der Waals surface area contributed by atoms with E-state index < -0.39 is 0 Å². The molecule has 0 saturated heterocycles. The van der Waals surface area contributed by atoms with Gasteiger partial charge in [0.15, 0.2) is 0 Å². The van der Waals surface area contributed by atoms with Gasteiger partial charge in [-0.1, -0.05) is 81.7 Å². The highest BCUT2D eigenvalue weighted by atomic mass is 14.2. The van der Waals surface area contributed by atoms with Crippen molar-refractivity contribution in [3.05, 3.63) is 53.6 Å². The normalized spacial score (nSPS) is 20.4. The third-order valence-electron chi connectivity index (χ3n) is 5.55. The highest BCUT2D eigenvalue weighted by molar-refractivity contribution is 5.53. The minimum atomic E-state index is 0.752. The highest BCUT2D eigenvalue weighted by Crippen LogP contribution is 2.32. The minimum Gasteiger partial charge on any atom is -0.0730 e. The maximum Gasteiger partial charge on any atom is -0.0109 e. The molecule has 0 aliphatic heterocycles. The molecule has 2 rings (SSSR count). The molecule has 1 fully saturated rings. The van der Waals surface area contributed by atoms with Crippen LogP contribution in [0.5, 0.6) is 0 Å². The lowest BCUT2D eigenvalue weighted by atomic mass is 9.80. The maximum atomic E-state index is 3.17. The quantitative estimate of drug-likeness (QED) is 0.424. The molecule has 26 heavy (non-hydrogen) atoms. The van der Waals surface area contributed by atoms with Crippen LogP contribution in [0.3, 0.4) is 0 Å². The second-order valence-electron chi connectivity index (χ2n) is 7.75. The van der Waals surface area contributed by atoms with E-state index in [0.717, 1.165) is 11.8 Å². The van der Waals surface area contributed by atoms with E-state index in [0.29, 0.717) is 0 Å². The molecule has 0 aromatic heterocycles. The maximum absolute atomic E-state index is 3.17. The fraction of sp³-hybridized carbons (Fsp3) is 0.538. The third kappa shape index (κ3) is 8.09. The Bertz CT molecular complexity index is 598. The van der Waals surface area contributed by atoms with Crippen molar-refractivity contribution in [1.82, 2.24) is 0 Å². The summed E-state index contributed by atoms with van der Waals surface area (Å²) in [4.78, 5) is 0. The standard InChI is InChI=1S/C26H36/c1-3-5-11-23-15-19-25(20-16-23)13-9-7-8-10-14-26-21-17-24(18-22-26)12-6-4-2/h9-10,13-16,19-20,24,26H,3-6,11-12,17-18,21-22H2,1-2H3/b13-9+,14-10+/t24-,26-. The van der Waals surface area contributed by atoms with Gasteiger partial charge >= 0.3 is 0 Å². The Labute approximate surface area is 161 Å². The van der Waals surface area contributed by atoms with Gasteiger partial charge in [-0.05, 0) is 79.7 Å². The fourth-order valence-corrected chi connectivity index (χ4v) is 3.76. The Morgan fingerprint density at radius 2 is 1.58 bits per heavy atom. The summed E-state index contributed by atoms with van der Waals surface area (Å²) in [6.07, 6.45) is 21.9. The SMILES string of the molecule is CCCCc1ccc(/C=C/C#C/C=C/[C@H]2CC[C@H](CCCC)CC2)cc1. The first-order chi connectivity index (χ1) is 12.8. The van der Waals surface area contributed by atoms with E-state index in [1.54, 1.807) is 0 Å². The number of benzene rings is 1. The van der Waals surface area contributed by atoms with Gasteiger partial charge in [0.2, 0.25) is 0 Å². The Morgan fingerprint density at radius 3 is 2.27 bits per heavy atom. The van der Waals surface area contributed by atoms with Gasteiger partial charge in [-0.25, -0.2) is 0 Å². The molecule has 0 heterocycles. The molecule has 0 spiro atoms. The van der Waals surface area contributed by atoms with Crippen LogP contribution >= 0.6 is 0 Å². The van der Waals surface area contributed by atoms with Crippen LogP contribution in [0.25, 0.3) is 6.08 Å². The Morgan fingerprint density at radius 1 is 0.885 bits per heavy atom. The van der Waals surface area contributed by atoms with Gasteiger partial charge < -0.3 is 0 Å². The van der Waals surface area contributed by atoms with Gasteiger partial charge in [0, 0.05) is 0 Å². The molecule has 0 N–H and O–H groups in total. The number of unbranched alkanes of at least 4 members (excludes halogenated alkanes) is 2. The summed E-state index contributed by atoms with van der Waals surface area (Å²) < 4.78 is 0. The van der Waals surface area contributed by atoms with Crippen LogP contribution in [-0.4, -0.2) is 0 Å². The average Bonchev–Trinajstić information content (AvgIpc) is 2.69. The molecule has 0 heteroatoms. The topological polar surface area (TPSA) is 0 Å². The largest absolute Gasteiger partial charge is 0.0730 e. The van der Waals surface area contributed by atoms with Crippen molar-refractivity contribution in [2.45, 2.75) is 78.1 Å². The van der Waals surface area contributed by atoms with Crippen LogP contribution in [0.1, 0.15) is 82.8 Å². The van der Waals surface area contributed by atoms with Crippen molar-refractivity contribution >= 4 is 6.08 Å². The minimum absolute atomic E-state index is 0.752. The summed E-state index contributed by atoms with van der Waals surface area (Å²) in [7, 11) is 0. The van der Waals surface area contributed by atoms with Crippen LogP contribution < -0.4 is 0 Å². The average molecular weight is 349 g/mol. The van der Waals surface area contributed by atoms with Crippen molar-refractivity contribution < 1.29 is 0 Å². The van der Waals surface area contributed by atoms with Gasteiger partial charge in [0.1, 0.15) is 0 Å². The second-order valence-corrected chi connectivity index (χ2v) is 7.75. The number of allylic oxidation sites excluding steroid dienone is 3. The number of hydrogen-bond acceptors (Lipinski definition) is 0. The Balaban J connectivity index is 1.69. The molecule has 1 saturated carbocycles. The second kappa shape index (κ2) is 12.6. The number of aryl methyl sites for hydroxylation is 1. The molecule has 0 amide bonds. The monoisotopic (exact) mass is 348 g/mol. The zero-order valence-corrected chi connectivity index (χ0v) is 16.8. The molecule has 0 unspecified atom stereocenters. The summed E-state index contributed by atoms with van der Waals surface area (Å²) in [6, 6.07) is 8.85. The van der Waals surface area contributed by atoms with Gasteiger partial charge in [-0.15, -0.1) is 0 Å². The van der Waals surface area contributed by atoms with E-state index >= 15 is 0 Å². The molecule has 140 valence electrons. The third-order valence-corrected chi connectivity index (χ3v) is 5.55. The summed E-state index contributed by atoms with van der Waals surface area (Å²) in [5.41, 5.74) is 2.66. The first-order valence-electron chi connectivity index (χ1n) is 10.7. The molecular formula is C26H36. The molecule has 0 bridgehead atoms. The first-order valence-corrected chi connectivity index (χ1v) is 10.7. The van der Waals surface area contributed by atoms with Gasteiger partial charge in [0.25, 0.3) is 0 Å². The zero-order valence-electron chi connectivity index (χ0n) is 16.8. The predicted octanol–water partition coefficient (Wildman–Crippen LogP) is 7.60. The smallest absolute Gasteiger partial charge is 0.0109 e. The van der Waals surface area contributed by atoms with Gasteiger partial charge in [0.05, 0.1) is 0 Å². The van der Waals surface area contributed by atoms with Crippen molar-refractivity contribution in [1.29, 1.82) is 0 Å². The Hall–Kier alpha value is -1.74. The summed E-state index contributed by atoms with van der Waals surface area (Å²) in [6.45, 7) is 4.53. The lowest BCUT2D eigenvalue weighted by Crippen LogP contribution is -2.12. The molecule has 1 aliphatic rings. The molecule has 0 nitrogen and oxygen atoms in total. The first kappa shape index (κ1) is 20.6. The van der Waals surface area contributed by atoms with Crippen LogP contribution in [0.4, 0.5) is 0 Å². The summed E-state index contributed by atoms with van der Waals surface area (Å²) >= 11 is 0. The lowest BCUT2D eigenvalue weighted by Gasteiger charge is -2.26. The van der Waals surface area contributed by atoms with Crippen LogP contribution in [0.15, 0.2) is 42.5 Å². The molecule has 1 aromatic carbocycles. The molecule has 1 aliphatic carbocycles. The van der Waals surface area contributed by atoms with Crippen molar-refractivity contribution in [2.75, 3.05) is 0 Å². The van der Waals surface area contributed by atoms with Gasteiger partial charge in [-0.3, -0.25) is 0 Å². The predicted molar refractivity (Wildman–Crippen MR) is 116 cm³/mol. The Kier molecular flexibility index (Phi) is 9.96. The zero-order chi connectivity index (χ0) is 18.5. The van der Waals surface area contributed by atoms with E-state index in [1.807, 2.05) is 6.08 Å². The van der Waals surface area contributed by atoms with Crippen LogP contribution in [0, 0.1) is 23.7 Å². The van der Waals surface area contributed by atoms with Crippen LogP contribution in [0.2, 0.25) is 0 Å². The van der Waals surface area contributed by atoms with Crippen LogP contribution in [-0.2, 0) is 6.42 Å². The number of hydrogen-bond donors (Lipinski definition) is 0. The van der Waals surface area contributed by atoms with E-state index in [-0.39, 0.29) is 0 Å². The van der Waals surface area contributed by atoms with Crippen molar-refractivity contribution in [3.8, 4) is 11.8 Å². The number of rotatable bonds is 8. The summed E-state index contributed by atoms with van der Waals surface area (Å²) in [5.74, 6) is 8.05. The summed E-state index contributed by atoms with van der Waals surface area (Å²) in [5, 5.41) is 0. The van der Waals surface area contributed by atoms with Crippen molar-refractivity contribution in [3.63, 3.8) is 0 Å². The van der Waals surface area contributed by atoms with E-state index in [1.165, 1.54) is 75.3 Å². The molecular weight excluding hydrogens is 312 g/mol. The highest BCUT2D eigenvalue weighted by Gasteiger charge is 2.18. The molecule has 0 radical (unpaired) electrons. The molecule has 0 atom stereocenters. The van der Waals surface area contributed by atoms with E-state index in [9.17, 15) is 0 Å². The van der Waals surface area contributed by atoms with Gasteiger partial charge in [-0.2, -0.15) is 0 Å². The lowest BCUT2D eigenvalue weighted by molar-refractivity contribution is 0.291. The van der Waals surface area contributed by atoms with Crippen molar-refractivity contribution in [2.24, 2.45) is 11.8 Å². The molecule has 1 aromatic rings. The van der Waals surface area contributed by atoms with E-state index in [4.69, 9.17) is 0 Å². The van der Waals surface area contributed by atoms with E-state index in [2.05, 4.69) is 68.2 Å².